The van der Waals surface area contributed by atoms with Gasteiger partial charge < -0.3 is 25.0 Å². The van der Waals surface area contributed by atoms with E-state index in [9.17, 15) is 9.50 Å². The van der Waals surface area contributed by atoms with Crippen LogP contribution in [0.1, 0.15) is 11.1 Å². The summed E-state index contributed by atoms with van der Waals surface area (Å²) in [5.41, 5.74) is 2.37. The third kappa shape index (κ3) is 4.72. The summed E-state index contributed by atoms with van der Waals surface area (Å²) in [6.45, 7) is 3.69. The Bertz CT molecular complexity index is 820. The molecule has 2 aromatic carbocycles. The first-order valence-electron chi connectivity index (χ1n) is 9.37. The number of benzene rings is 2. The number of aliphatic imine (C=N–C) groups is 1. The zero-order valence-electron chi connectivity index (χ0n) is 16.4. The monoisotopic (exact) mass is 386 g/mol. The van der Waals surface area contributed by atoms with Gasteiger partial charge in [0.15, 0.2) is 5.96 Å². The van der Waals surface area contributed by atoms with Crippen molar-refractivity contribution in [2.24, 2.45) is 4.99 Å². The lowest BCUT2D eigenvalue weighted by Gasteiger charge is -2.37. The number of aliphatic hydroxyl groups is 1. The van der Waals surface area contributed by atoms with Crippen LogP contribution in [-0.4, -0.2) is 56.3 Å². The highest BCUT2D eigenvalue weighted by molar-refractivity contribution is 5.80. The highest BCUT2D eigenvalue weighted by Crippen LogP contribution is 2.22. The number of methoxy groups -OCH3 is 1. The number of halogens is 1. The lowest BCUT2D eigenvalue weighted by molar-refractivity contribution is 0.275. The third-order valence-corrected chi connectivity index (χ3v) is 4.94. The van der Waals surface area contributed by atoms with E-state index in [0.29, 0.717) is 12.1 Å². The largest absolute Gasteiger partial charge is 0.497 e. The van der Waals surface area contributed by atoms with Crippen LogP contribution in [0.25, 0.3) is 0 Å². The molecule has 6 nitrogen and oxygen atoms in total. The predicted molar refractivity (Wildman–Crippen MR) is 109 cm³/mol. The number of rotatable bonds is 5. The van der Waals surface area contributed by atoms with Gasteiger partial charge in [-0.25, -0.2) is 4.39 Å². The number of nitrogens with zero attached hydrogens (tertiary/aromatic N) is 3. The van der Waals surface area contributed by atoms with Crippen LogP contribution in [0.15, 0.2) is 47.5 Å². The van der Waals surface area contributed by atoms with Gasteiger partial charge in [0.05, 0.1) is 13.7 Å². The van der Waals surface area contributed by atoms with E-state index in [-0.39, 0.29) is 12.4 Å². The maximum absolute atomic E-state index is 13.5. The number of guanidine groups is 1. The number of hydrogen-bond donors (Lipinski definition) is 2. The highest BCUT2D eigenvalue weighted by Gasteiger charge is 2.20. The summed E-state index contributed by atoms with van der Waals surface area (Å²) in [6.07, 6.45) is 0. The second-order valence-corrected chi connectivity index (χ2v) is 6.66. The quantitative estimate of drug-likeness (QED) is 0.610. The molecule has 0 spiro atoms. The van der Waals surface area contributed by atoms with Crippen LogP contribution in [0.5, 0.6) is 5.75 Å². The predicted octanol–water partition coefficient (Wildman–Crippen LogP) is 2.22. The van der Waals surface area contributed by atoms with E-state index in [1.807, 2.05) is 12.1 Å². The van der Waals surface area contributed by atoms with Crippen molar-refractivity contribution < 1.29 is 14.2 Å². The molecule has 1 aliphatic heterocycles. The lowest BCUT2D eigenvalue weighted by Crippen LogP contribution is -2.52. The van der Waals surface area contributed by atoms with Crippen molar-refractivity contribution in [2.75, 3.05) is 45.2 Å². The minimum absolute atomic E-state index is 0.305. The van der Waals surface area contributed by atoms with Crippen LogP contribution in [0.2, 0.25) is 0 Å². The van der Waals surface area contributed by atoms with Crippen LogP contribution < -0.4 is 15.0 Å². The highest BCUT2D eigenvalue weighted by atomic mass is 19.1. The second-order valence-electron chi connectivity index (χ2n) is 6.66. The number of anilines is 1. The molecule has 0 radical (unpaired) electrons. The fourth-order valence-corrected chi connectivity index (χ4v) is 3.36. The molecule has 1 heterocycles. The fourth-order valence-electron chi connectivity index (χ4n) is 3.36. The molecule has 0 atom stereocenters. The number of ether oxygens (including phenoxy) is 1. The first-order chi connectivity index (χ1) is 13.6. The average Bonchev–Trinajstić information content (AvgIpc) is 2.75. The molecule has 2 aromatic rings. The normalized spacial score (nSPS) is 14.9. The van der Waals surface area contributed by atoms with Crippen LogP contribution in [0, 0.1) is 5.82 Å². The maximum Gasteiger partial charge on any atom is 0.194 e. The molecule has 0 amide bonds. The van der Waals surface area contributed by atoms with E-state index >= 15 is 0 Å². The van der Waals surface area contributed by atoms with Crippen LogP contribution >= 0.6 is 0 Å². The van der Waals surface area contributed by atoms with Crippen molar-refractivity contribution in [1.82, 2.24) is 10.2 Å². The molecule has 1 aliphatic rings. The van der Waals surface area contributed by atoms with Crippen LogP contribution in [0.3, 0.4) is 0 Å². The Morgan fingerprint density at radius 2 is 1.96 bits per heavy atom. The molecule has 0 saturated carbocycles. The van der Waals surface area contributed by atoms with E-state index in [1.165, 1.54) is 6.07 Å². The molecule has 3 rings (SSSR count). The Labute approximate surface area is 165 Å². The zero-order chi connectivity index (χ0) is 19.9. The number of piperazine rings is 1. The van der Waals surface area contributed by atoms with Crippen molar-refractivity contribution in [3.8, 4) is 5.75 Å². The number of nitrogens with one attached hydrogen (secondary N) is 1. The maximum atomic E-state index is 13.5. The van der Waals surface area contributed by atoms with Crippen molar-refractivity contribution in [1.29, 1.82) is 0 Å². The number of hydrogen-bond acceptors (Lipinski definition) is 4. The molecule has 1 fully saturated rings. The third-order valence-electron chi connectivity index (χ3n) is 4.94. The Morgan fingerprint density at radius 3 is 2.64 bits per heavy atom. The van der Waals surface area contributed by atoms with E-state index in [2.05, 4.69) is 32.2 Å². The Hall–Kier alpha value is -2.80. The van der Waals surface area contributed by atoms with E-state index in [1.54, 1.807) is 26.3 Å². The van der Waals surface area contributed by atoms with Crippen molar-refractivity contribution in [2.45, 2.75) is 13.2 Å². The van der Waals surface area contributed by atoms with Gasteiger partial charge in [0.1, 0.15) is 11.6 Å². The second kappa shape index (κ2) is 9.41. The van der Waals surface area contributed by atoms with Gasteiger partial charge in [0.25, 0.3) is 0 Å². The SMILES string of the molecule is CN=C(NCc1ccc(F)c(CO)c1)N1CCN(c2cccc(OC)c2)CC1. The summed E-state index contributed by atoms with van der Waals surface area (Å²) < 4.78 is 18.8. The van der Waals surface area contributed by atoms with Crippen LogP contribution in [0.4, 0.5) is 10.1 Å². The van der Waals surface area contributed by atoms with E-state index in [0.717, 1.165) is 49.1 Å². The Morgan fingerprint density at radius 1 is 1.18 bits per heavy atom. The molecule has 28 heavy (non-hydrogen) atoms. The minimum atomic E-state index is -0.385. The summed E-state index contributed by atoms with van der Waals surface area (Å²) in [5.74, 6) is 1.29. The van der Waals surface area contributed by atoms with E-state index in [4.69, 9.17) is 4.74 Å². The molecule has 0 unspecified atom stereocenters. The Kier molecular flexibility index (Phi) is 6.71. The first kappa shape index (κ1) is 19.9. The molecule has 2 N–H and O–H groups in total. The van der Waals surface area contributed by atoms with Gasteiger partial charge >= 0.3 is 0 Å². The van der Waals surface area contributed by atoms with Crippen molar-refractivity contribution >= 4 is 11.6 Å². The lowest BCUT2D eigenvalue weighted by atomic mass is 10.1. The summed E-state index contributed by atoms with van der Waals surface area (Å²) in [5, 5.41) is 12.5. The van der Waals surface area contributed by atoms with Gasteiger partial charge in [-0.3, -0.25) is 4.99 Å². The molecule has 0 aromatic heterocycles. The van der Waals surface area contributed by atoms with Gasteiger partial charge in [-0.1, -0.05) is 12.1 Å². The van der Waals surface area contributed by atoms with Gasteiger partial charge in [0, 0.05) is 57.1 Å². The average molecular weight is 386 g/mol. The summed E-state index contributed by atoms with van der Waals surface area (Å²) in [4.78, 5) is 8.93. The molecule has 7 heteroatoms. The minimum Gasteiger partial charge on any atom is -0.497 e. The number of aliphatic hydroxyl groups excluding tert-OH is 1. The molecular formula is C21H27FN4O2. The molecule has 0 aliphatic carbocycles. The fraction of sp³-hybridized carbons (Fsp3) is 0.381. The molecule has 1 saturated heterocycles. The van der Waals surface area contributed by atoms with Crippen molar-refractivity contribution in [3.05, 3.63) is 59.4 Å². The standard InChI is InChI=1S/C21H27FN4O2/c1-23-21(24-14-16-6-7-20(22)17(12-16)15-27)26-10-8-25(9-11-26)18-4-3-5-19(13-18)28-2/h3-7,12-13,27H,8-11,14-15H2,1-2H3,(H,23,24). The molecule has 0 bridgehead atoms. The van der Waals surface area contributed by atoms with E-state index < -0.39 is 0 Å². The van der Waals surface area contributed by atoms with Gasteiger partial charge in [0.2, 0.25) is 0 Å². The molecule has 150 valence electrons. The van der Waals surface area contributed by atoms with Gasteiger partial charge in [-0.05, 0) is 29.8 Å². The van der Waals surface area contributed by atoms with Crippen LogP contribution in [-0.2, 0) is 13.2 Å². The zero-order valence-corrected chi connectivity index (χ0v) is 16.4. The summed E-state index contributed by atoms with van der Waals surface area (Å²) in [6, 6.07) is 12.9. The van der Waals surface area contributed by atoms with Crippen molar-refractivity contribution in [3.63, 3.8) is 0 Å². The van der Waals surface area contributed by atoms with Gasteiger partial charge in [-0.2, -0.15) is 0 Å². The summed E-state index contributed by atoms with van der Waals surface area (Å²) >= 11 is 0. The smallest absolute Gasteiger partial charge is 0.194 e. The first-order valence-corrected chi connectivity index (χ1v) is 9.37. The topological polar surface area (TPSA) is 60.3 Å². The van der Waals surface area contributed by atoms with Gasteiger partial charge in [-0.15, -0.1) is 0 Å². The summed E-state index contributed by atoms with van der Waals surface area (Å²) in [7, 11) is 3.44. The molecular weight excluding hydrogens is 359 g/mol. The Balaban J connectivity index is 1.56.